The van der Waals surface area contributed by atoms with E-state index in [1.54, 1.807) is 0 Å². The largest absolute Gasteiger partial charge is 0.481 e. The van der Waals surface area contributed by atoms with Crippen molar-refractivity contribution in [3.63, 3.8) is 0 Å². The summed E-state index contributed by atoms with van der Waals surface area (Å²) in [5.74, 6) is -0.298. The Morgan fingerprint density at radius 1 is 1.17 bits per heavy atom. The third-order valence-corrected chi connectivity index (χ3v) is 4.67. The molecule has 0 aliphatic heterocycles. The number of aliphatic carboxylic acids is 1. The maximum atomic E-state index is 11.0. The molecule has 3 rings (SSSR count). The molecule has 1 heterocycles. The summed E-state index contributed by atoms with van der Waals surface area (Å²) in [4.78, 5) is 11.0. The SMILES string of the molecule is Cc1cn(CCC(C)c2ccccc2)c2cc(CC(=O)O)ccc12. The molecular formula is C21H23NO2. The maximum absolute atomic E-state index is 11.0. The molecule has 1 N–H and O–H groups in total. The van der Waals surface area contributed by atoms with Crippen molar-refractivity contribution in [2.24, 2.45) is 0 Å². The van der Waals surface area contributed by atoms with Gasteiger partial charge in [0.25, 0.3) is 0 Å². The average molecular weight is 321 g/mol. The van der Waals surface area contributed by atoms with E-state index >= 15 is 0 Å². The van der Waals surface area contributed by atoms with E-state index in [0.717, 1.165) is 24.0 Å². The van der Waals surface area contributed by atoms with Crippen molar-refractivity contribution in [3.05, 3.63) is 71.4 Å². The number of nitrogens with zero attached hydrogens (tertiary/aromatic N) is 1. The van der Waals surface area contributed by atoms with Crippen LogP contribution < -0.4 is 0 Å². The normalized spacial score (nSPS) is 12.4. The first-order chi connectivity index (χ1) is 11.5. The van der Waals surface area contributed by atoms with Crippen molar-refractivity contribution in [1.29, 1.82) is 0 Å². The highest BCUT2D eigenvalue weighted by Gasteiger charge is 2.10. The zero-order chi connectivity index (χ0) is 17.1. The van der Waals surface area contributed by atoms with Crippen LogP contribution in [0, 0.1) is 6.92 Å². The Bertz CT molecular complexity index is 849. The maximum Gasteiger partial charge on any atom is 0.307 e. The summed E-state index contributed by atoms with van der Waals surface area (Å²) in [5, 5.41) is 10.2. The monoisotopic (exact) mass is 321 g/mol. The van der Waals surface area contributed by atoms with E-state index < -0.39 is 5.97 Å². The summed E-state index contributed by atoms with van der Waals surface area (Å²) in [6.07, 6.45) is 3.30. The van der Waals surface area contributed by atoms with Crippen LogP contribution in [-0.4, -0.2) is 15.6 Å². The van der Waals surface area contributed by atoms with E-state index in [1.165, 1.54) is 16.5 Å². The first-order valence-electron chi connectivity index (χ1n) is 8.39. The molecule has 1 atom stereocenters. The Balaban J connectivity index is 1.82. The molecule has 0 fully saturated rings. The van der Waals surface area contributed by atoms with Gasteiger partial charge in [0, 0.05) is 23.6 Å². The molecule has 0 bridgehead atoms. The summed E-state index contributed by atoms with van der Waals surface area (Å²) >= 11 is 0. The van der Waals surface area contributed by atoms with Gasteiger partial charge in [-0.2, -0.15) is 0 Å². The number of rotatable bonds is 6. The second-order valence-electron chi connectivity index (χ2n) is 6.53. The van der Waals surface area contributed by atoms with E-state index in [0.29, 0.717) is 5.92 Å². The van der Waals surface area contributed by atoms with E-state index in [4.69, 9.17) is 5.11 Å². The molecule has 24 heavy (non-hydrogen) atoms. The standard InChI is InChI=1S/C21H23NO2/c1-15(18-6-4-3-5-7-18)10-11-22-14-16(2)19-9-8-17(12-20(19)22)13-21(23)24/h3-9,12,14-15H,10-11,13H2,1-2H3,(H,23,24). The van der Waals surface area contributed by atoms with Crippen LogP contribution in [0.15, 0.2) is 54.7 Å². The third-order valence-electron chi connectivity index (χ3n) is 4.67. The van der Waals surface area contributed by atoms with Crippen LogP contribution in [0.25, 0.3) is 10.9 Å². The number of aryl methyl sites for hydroxylation is 2. The molecule has 3 aromatic rings. The number of hydrogen-bond donors (Lipinski definition) is 1. The van der Waals surface area contributed by atoms with Gasteiger partial charge in [-0.1, -0.05) is 49.4 Å². The van der Waals surface area contributed by atoms with Crippen LogP contribution >= 0.6 is 0 Å². The van der Waals surface area contributed by atoms with Crippen LogP contribution in [0.5, 0.6) is 0 Å². The predicted octanol–water partition coefficient (Wildman–Crippen LogP) is 4.77. The van der Waals surface area contributed by atoms with Gasteiger partial charge in [-0.25, -0.2) is 0 Å². The molecular weight excluding hydrogens is 298 g/mol. The van der Waals surface area contributed by atoms with Crippen molar-refractivity contribution in [3.8, 4) is 0 Å². The molecule has 124 valence electrons. The van der Waals surface area contributed by atoms with Crippen molar-refractivity contribution in [2.45, 2.75) is 39.2 Å². The minimum absolute atomic E-state index is 0.0700. The Morgan fingerprint density at radius 2 is 1.92 bits per heavy atom. The lowest BCUT2D eigenvalue weighted by Gasteiger charge is -2.13. The van der Waals surface area contributed by atoms with Gasteiger partial charge in [-0.15, -0.1) is 0 Å². The Morgan fingerprint density at radius 3 is 2.62 bits per heavy atom. The fraction of sp³-hybridized carbons (Fsp3) is 0.286. The molecule has 1 unspecified atom stereocenters. The van der Waals surface area contributed by atoms with Crippen LogP contribution in [0.1, 0.15) is 36.0 Å². The summed E-state index contributed by atoms with van der Waals surface area (Å²) in [7, 11) is 0. The number of benzene rings is 2. The zero-order valence-corrected chi connectivity index (χ0v) is 14.2. The van der Waals surface area contributed by atoms with E-state index in [2.05, 4.69) is 48.9 Å². The minimum Gasteiger partial charge on any atom is -0.481 e. The van der Waals surface area contributed by atoms with Crippen molar-refractivity contribution >= 4 is 16.9 Å². The smallest absolute Gasteiger partial charge is 0.307 e. The van der Waals surface area contributed by atoms with Gasteiger partial charge >= 0.3 is 5.97 Å². The van der Waals surface area contributed by atoms with Crippen LogP contribution in [0.3, 0.4) is 0 Å². The molecule has 0 saturated carbocycles. The van der Waals surface area contributed by atoms with Crippen molar-refractivity contribution in [2.75, 3.05) is 0 Å². The number of carboxylic acids is 1. The molecule has 0 amide bonds. The molecule has 3 nitrogen and oxygen atoms in total. The molecule has 0 spiro atoms. The summed E-state index contributed by atoms with van der Waals surface area (Å²) in [6, 6.07) is 16.5. The summed E-state index contributed by atoms with van der Waals surface area (Å²) < 4.78 is 2.26. The highest BCUT2D eigenvalue weighted by Crippen LogP contribution is 2.25. The van der Waals surface area contributed by atoms with E-state index in [1.807, 2.05) is 24.3 Å². The van der Waals surface area contributed by atoms with Gasteiger partial charge in [0.15, 0.2) is 0 Å². The van der Waals surface area contributed by atoms with Crippen LogP contribution in [0.2, 0.25) is 0 Å². The fourth-order valence-corrected chi connectivity index (χ4v) is 3.27. The van der Waals surface area contributed by atoms with E-state index in [9.17, 15) is 4.79 Å². The quantitative estimate of drug-likeness (QED) is 0.710. The molecule has 0 saturated heterocycles. The second kappa shape index (κ2) is 6.91. The molecule has 2 aromatic carbocycles. The Kier molecular flexibility index (Phi) is 4.70. The van der Waals surface area contributed by atoms with Crippen molar-refractivity contribution < 1.29 is 9.90 Å². The Hall–Kier alpha value is -2.55. The molecule has 3 heteroatoms. The van der Waals surface area contributed by atoms with Gasteiger partial charge in [0.1, 0.15) is 0 Å². The van der Waals surface area contributed by atoms with E-state index in [-0.39, 0.29) is 6.42 Å². The van der Waals surface area contributed by atoms with Crippen molar-refractivity contribution in [1.82, 2.24) is 4.57 Å². The zero-order valence-electron chi connectivity index (χ0n) is 14.2. The fourth-order valence-electron chi connectivity index (χ4n) is 3.27. The first kappa shape index (κ1) is 16.3. The van der Waals surface area contributed by atoms with Gasteiger partial charge in [-0.3, -0.25) is 4.79 Å². The van der Waals surface area contributed by atoms with Gasteiger partial charge in [-0.05, 0) is 42.0 Å². The number of fused-ring (bicyclic) bond motifs is 1. The minimum atomic E-state index is -0.790. The number of aromatic nitrogens is 1. The van der Waals surface area contributed by atoms with Crippen LogP contribution in [0.4, 0.5) is 0 Å². The molecule has 1 aromatic heterocycles. The number of carbonyl (C=O) groups is 1. The second-order valence-corrected chi connectivity index (χ2v) is 6.53. The number of hydrogen-bond acceptors (Lipinski definition) is 1. The summed E-state index contributed by atoms with van der Waals surface area (Å²) in [6.45, 7) is 5.29. The van der Waals surface area contributed by atoms with Gasteiger partial charge in [0.2, 0.25) is 0 Å². The first-order valence-corrected chi connectivity index (χ1v) is 8.39. The molecule has 0 radical (unpaired) electrons. The lowest BCUT2D eigenvalue weighted by Crippen LogP contribution is -2.03. The molecule has 0 aliphatic rings. The van der Waals surface area contributed by atoms with Crippen LogP contribution in [-0.2, 0) is 17.8 Å². The molecule has 0 aliphatic carbocycles. The van der Waals surface area contributed by atoms with Gasteiger partial charge in [0.05, 0.1) is 6.42 Å². The lowest BCUT2D eigenvalue weighted by atomic mass is 9.98. The van der Waals surface area contributed by atoms with Gasteiger partial charge < -0.3 is 9.67 Å². The summed E-state index contributed by atoms with van der Waals surface area (Å²) in [5.41, 5.74) is 4.58. The third kappa shape index (κ3) is 3.51. The predicted molar refractivity (Wildman–Crippen MR) is 97.5 cm³/mol. The topological polar surface area (TPSA) is 42.2 Å². The highest BCUT2D eigenvalue weighted by molar-refractivity contribution is 5.85. The average Bonchev–Trinajstić information content (AvgIpc) is 2.88. The highest BCUT2D eigenvalue weighted by atomic mass is 16.4. The lowest BCUT2D eigenvalue weighted by molar-refractivity contribution is -0.136. The number of carboxylic acid groups (broad SMARTS) is 1. The Labute approximate surface area is 142 Å².